The third kappa shape index (κ3) is 3.79. The molecule has 0 amide bonds. The lowest BCUT2D eigenvalue weighted by Crippen LogP contribution is -2.31. The molecular weight excluding hydrogens is 290 g/mol. The number of nitrogens with zero attached hydrogens (tertiary/aromatic N) is 2. The standard InChI is InChI=1S/C14H19N3OS2/c15-14-16-7-13(20-14)10-17(8-11-3-1-5-18-11)9-12-4-2-6-19-12/h2,4,6-7,11H,1,3,5,8-10H2,(H2,15,16). The topological polar surface area (TPSA) is 51.4 Å². The van der Waals surface area contributed by atoms with Crippen molar-refractivity contribution in [3.05, 3.63) is 33.5 Å². The normalized spacial score (nSPS) is 18.9. The van der Waals surface area contributed by atoms with E-state index >= 15 is 0 Å². The molecule has 0 aromatic carbocycles. The van der Waals surface area contributed by atoms with Gasteiger partial charge < -0.3 is 10.5 Å². The van der Waals surface area contributed by atoms with Gasteiger partial charge in [0.2, 0.25) is 0 Å². The number of rotatable bonds is 6. The molecule has 0 saturated carbocycles. The highest BCUT2D eigenvalue weighted by molar-refractivity contribution is 7.15. The second-order valence-electron chi connectivity index (χ2n) is 5.05. The van der Waals surface area contributed by atoms with Gasteiger partial charge in [0.1, 0.15) is 0 Å². The smallest absolute Gasteiger partial charge is 0.180 e. The molecule has 3 heterocycles. The average Bonchev–Trinajstić information content (AvgIpc) is 3.13. The van der Waals surface area contributed by atoms with Gasteiger partial charge in [-0.05, 0) is 24.3 Å². The van der Waals surface area contributed by atoms with Crippen LogP contribution in [0.5, 0.6) is 0 Å². The summed E-state index contributed by atoms with van der Waals surface area (Å²) in [5.41, 5.74) is 5.72. The van der Waals surface area contributed by atoms with Crippen molar-refractivity contribution in [1.82, 2.24) is 9.88 Å². The number of ether oxygens (including phenoxy) is 1. The van der Waals surface area contributed by atoms with E-state index in [1.165, 1.54) is 22.6 Å². The van der Waals surface area contributed by atoms with Crippen molar-refractivity contribution in [2.45, 2.75) is 32.0 Å². The summed E-state index contributed by atoms with van der Waals surface area (Å²) in [7, 11) is 0. The number of nitrogens with two attached hydrogens (primary N) is 1. The van der Waals surface area contributed by atoms with Gasteiger partial charge in [-0.1, -0.05) is 6.07 Å². The number of aromatic nitrogens is 1. The molecule has 108 valence electrons. The summed E-state index contributed by atoms with van der Waals surface area (Å²) in [6.45, 7) is 3.75. The van der Waals surface area contributed by atoms with Crippen LogP contribution < -0.4 is 5.73 Å². The highest BCUT2D eigenvalue weighted by atomic mass is 32.1. The molecule has 1 saturated heterocycles. The molecule has 1 atom stereocenters. The minimum absolute atomic E-state index is 0.375. The maximum atomic E-state index is 5.77. The zero-order valence-electron chi connectivity index (χ0n) is 11.3. The molecule has 2 aromatic rings. The molecule has 1 aliphatic heterocycles. The monoisotopic (exact) mass is 309 g/mol. The number of thiophene rings is 1. The largest absolute Gasteiger partial charge is 0.377 e. The van der Waals surface area contributed by atoms with Crippen LogP contribution >= 0.6 is 22.7 Å². The van der Waals surface area contributed by atoms with Crippen LogP contribution in [0, 0.1) is 0 Å². The van der Waals surface area contributed by atoms with Gasteiger partial charge in [-0.15, -0.1) is 22.7 Å². The average molecular weight is 309 g/mol. The van der Waals surface area contributed by atoms with E-state index in [4.69, 9.17) is 10.5 Å². The quantitative estimate of drug-likeness (QED) is 0.891. The number of thiazole rings is 1. The summed E-state index contributed by atoms with van der Waals surface area (Å²) in [5, 5.41) is 2.78. The first-order valence-corrected chi connectivity index (χ1v) is 8.56. The van der Waals surface area contributed by atoms with Crippen molar-refractivity contribution in [2.24, 2.45) is 0 Å². The first kappa shape index (κ1) is 14.0. The van der Waals surface area contributed by atoms with Crippen LogP contribution in [0.4, 0.5) is 5.13 Å². The van der Waals surface area contributed by atoms with Gasteiger partial charge in [0.25, 0.3) is 0 Å². The Morgan fingerprint density at radius 2 is 2.30 bits per heavy atom. The second-order valence-corrected chi connectivity index (χ2v) is 7.23. The van der Waals surface area contributed by atoms with Crippen LogP contribution in [0.1, 0.15) is 22.6 Å². The van der Waals surface area contributed by atoms with E-state index in [-0.39, 0.29) is 0 Å². The van der Waals surface area contributed by atoms with Crippen LogP contribution in [0.15, 0.2) is 23.7 Å². The Morgan fingerprint density at radius 3 is 2.95 bits per heavy atom. The zero-order chi connectivity index (χ0) is 13.8. The van der Waals surface area contributed by atoms with Crippen LogP contribution in [0.25, 0.3) is 0 Å². The molecule has 6 heteroatoms. The molecule has 0 spiro atoms. The minimum Gasteiger partial charge on any atom is -0.377 e. The van der Waals surface area contributed by atoms with Crippen molar-refractivity contribution >= 4 is 27.8 Å². The zero-order valence-corrected chi connectivity index (χ0v) is 13.0. The first-order valence-electron chi connectivity index (χ1n) is 6.86. The molecule has 0 aliphatic carbocycles. The Hall–Kier alpha value is -0.950. The fraction of sp³-hybridized carbons (Fsp3) is 0.500. The molecular formula is C14H19N3OS2. The number of nitrogen functional groups attached to an aromatic ring is 1. The maximum Gasteiger partial charge on any atom is 0.180 e. The Balaban J connectivity index is 1.65. The summed E-state index contributed by atoms with van der Waals surface area (Å²) in [5.74, 6) is 0. The van der Waals surface area contributed by atoms with Crippen molar-refractivity contribution < 1.29 is 4.74 Å². The lowest BCUT2D eigenvalue weighted by Gasteiger charge is -2.24. The van der Waals surface area contributed by atoms with Gasteiger partial charge in [0.05, 0.1) is 6.10 Å². The molecule has 1 aliphatic rings. The van der Waals surface area contributed by atoms with Gasteiger partial charge in [-0.25, -0.2) is 4.98 Å². The number of hydrogen-bond acceptors (Lipinski definition) is 6. The Kier molecular flexibility index (Phi) is 4.67. The molecule has 2 N–H and O–H groups in total. The second kappa shape index (κ2) is 6.67. The van der Waals surface area contributed by atoms with Crippen LogP contribution in [0.3, 0.4) is 0 Å². The van der Waals surface area contributed by atoms with Gasteiger partial charge in [-0.3, -0.25) is 4.90 Å². The Bertz CT molecular complexity index is 520. The third-order valence-corrected chi connectivity index (χ3v) is 5.07. The van der Waals surface area contributed by atoms with E-state index in [0.29, 0.717) is 11.2 Å². The molecule has 0 radical (unpaired) electrons. The van der Waals surface area contributed by atoms with E-state index in [0.717, 1.165) is 26.2 Å². The van der Waals surface area contributed by atoms with Crippen LogP contribution in [-0.2, 0) is 17.8 Å². The highest BCUT2D eigenvalue weighted by Gasteiger charge is 2.20. The molecule has 20 heavy (non-hydrogen) atoms. The van der Waals surface area contributed by atoms with Crippen LogP contribution in [0.2, 0.25) is 0 Å². The fourth-order valence-electron chi connectivity index (χ4n) is 2.50. The summed E-state index contributed by atoms with van der Waals surface area (Å²) >= 11 is 3.38. The molecule has 3 rings (SSSR count). The molecule has 0 bridgehead atoms. The van der Waals surface area contributed by atoms with E-state index < -0.39 is 0 Å². The van der Waals surface area contributed by atoms with E-state index in [9.17, 15) is 0 Å². The Labute approximate surface area is 127 Å². The van der Waals surface area contributed by atoms with Crippen molar-refractivity contribution in [3.63, 3.8) is 0 Å². The fourth-order valence-corrected chi connectivity index (χ4v) is 3.97. The van der Waals surface area contributed by atoms with E-state index in [1.807, 2.05) is 6.20 Å². The first-order chi connectivity index (χ1) is 9.79. The summed E-state index contributed by atoms with van der Waals surface area (Å²) < 4.78 is 5.77. The maximum absolute atomic E-state index is 5.77. The molecule has 4 nitrogen and oxygen atoms in total. The van der Waals surface area contributed by atoms with Crippen LogP contribution in [-0.4, -0.2) is 29.1 Å². The van der Waals surface area contributed by atoms with Crippen molar-refractivity contribution in [2.75, 3.05) is 18.9 Å². The molecule has 2 aromatic heterocycles. The lowest BCUT2D eigenvalue weighted by molar-refractivity contribution is 0.0686. The predicted octanol–water partition coefficient (Wildman–Crippen LogP) is 2.97. The highest BCUT2D eigenvalue weighted by Crippen LogP contribution is 2.21. The predicted molar refractivity (Wildman–Crippen MR) is 83.9 cm³/mol. The summed E-state index contributed by atoms with van der Waals surface area (Å²) in [6, 6.07) is 4.29. The lowest BCUT2D eigenvalue weighted by atomic mass is 10.2. The van der Waals surface area contributed by atoms with Crippen molar-refractivity contribution in [3.8, 4) is 0 Å². The van der Waals surface area contributed by atoms with E-state index in [2.05, 4.69) is 27.4 Å². The van der Waals surface area contributed by atoms with E-state index in [1.54, 1.807) is 22.7 Å². The SMILES string of the molecule is Nc1ncc(CN(Cc2cccs2)CC2CCCO2)s1. The molecule has 1 fully saturated rings. The number of anilines is 1. The molecule has 1 unspecified atom stereocenters. The minimum atomic E-state index is 0.375. The summed E-state index contributed by atoms with van der Waals surface area (Å²) in [6.07, 6.45) is 4.62. The van der Waals surface area contributed by atoms with Crippen molar-refractivity contribution in [1.29, 1.82) is 0 Å². The van der Waals surface area contributed by atoms with Gasteiger partial charge in [0.15, 0.2) is 5.13 Å². The Morgan fingerprint density at radius 1 is 1.40 bits per heavy atom. The van der Waals surface area contributed by atoms with Gasteiger partial charge in [-0.2, -0.15) is 0 Å². The van der Waals surface area contributed by atoms with Gasteiger partial charge >= 0.3 is 0 Å². The third-order valence-electron chi connectivity index (χ3n) is 3.40. The van der Waals surface area contributed by atoms with Gasteiger partial charge in [0, 0.05) is 42.2 Å². The number of hydrogen-bond donors (Lipinski definition) is 1. The summed E-state index contributed by atoms with van der Waals surface area (Å²) in [4.78, 5) is 9.19.